The third-order valence-electron chi connectivity index (χ3n) is 4.77. The summed E-state index contributed by atoms with van der Waals surface area (Å²) in [7, 11) is -2.03. The van der Waals surface area contributed by atoms with Gasteiger partial charge in [-0.1, -0.05) is 42.5 Å². The molecule has 6 heteroatoms. The zero-order chi connectivity index (χ0) is 21.0. The van der Waals surface area contributed by atoms with Crippen molar-refractivity contribution in [3.05, 3.63) is 84.4 Å². The first-order chi connectivity index (χ1) is 13.8. The van der Waals surface area contributed by atoms with Crippen molar-refractivity contribution in [1.82, 2.24) is 4.31 Å². The van der Waals surface area contributed by atoms with Crippen molar-refractivity contribution in [3.63, 3.8) is 0 Å². The Morgan fingerprint density at radius 2 is 1.38 bits per heavy atom. The number of sulfonamides is 1. The highest BCUT2D eigenvalue weighted by atomic mass is 32.2. The van der Waals surface area contributed by atoms with Gasteiger partial charge in [0.15, 0.2) is 0 Å². The minimum absolute atomic E-state index is 0.151. The van der Waals surface area contributed by atoms with Gasteiger partial charge < -0.3 is 5.32 Å². The van der Waals surface area contributed by atoms with Crippen LogP contribution in [0.15, 0.2) is 83.8 Å². The lowest BCUT2D eigenvalue weighted by Crippen LogP contribution is -2.33. The van der Waals surface area contributed by atoms with Crippen LogP contribution in [0.3, 0.4) is 0 Å². The predicted molar refractivity (Wildman–Crippen MR) is 116 cm³/mol. The number of hydrogen-bond donors (Lipinski definition) is 1. The van der Waals surface area contributed by atoms with Crippen LogP contribution in [0, 0.1) is 0 Å². The van der Waals surface area contributed by atoms with Gasteiger partial charge in [-0.2, -0.15) is 4.31 Å². The van der Waals surface area contributed by atoms with Crippen LogP contribution in [-0.2, 0) is 10.0 Å². The van der Waals surface area contributed by atoms with E-state index in [0.29, 0.717) is 11.3 Å². The number of hydrogen-bond acceptors (Lipinski definition) is 3. The maximum Gasteiger partial charge on any atom is 0.255 e. The van der Waals surface area contributed by atoms with E-state index < -0.39 is 10.0 Å². The van der Waals surface area contributed by atoms with Crippen LogP contribution in [0.4, 0.5) is 5.69 Å². The topological polar surface area (TPSA) is 66.5 Å². The summed E-state index contributed by atoms with van der Waals surface area (Å²) in [4.78, 5) is 12.7. The molecular formula is C23H24N2O3S. The smallest absolute Gasteiger partial charge is 0.255 e. The van der Waals surface area contributed by atoms with Gasteiger partial charge in [-0.25, -0.2) is 8.42 Å². The summed E-state index contributed by atoms with van der Waals surface area (Å²) in [6.07, 6.45) is 0. The molecule has 1 amide bonds. The minimum atomic E-state index is -3.57. The van der Waals surface area contributed by atoms with Crippen molar-refractivity contribution in [2.24, 2.45) is 0 Å². The van der Waals surface area contributed by atoms with Crippen LogP contribution < -0.4 is 5.32 Å². The first-order valence-electron chi connectivity index (χ1n) is 9.34. The predicted octanol–water partition coefficient (Wildman–Crippen LogP) is 4.63. The third kappa shape index (κ3) is 4.72. The molecule has 0 aliphatic heterocycles. The van der Waals surface area contributed by atoms with E-state index in [2.05, 4.69) is 5.32 Å². The Morgan fingerprint density at radius 1 is 0.828 bits per heavy atom. The van der Waals surface area contributed by atoms with Gasteiger partial charge in [-0.05, 0) is 61.4 Å². The molecule has 150 valence electrons. The number of nitrogens with one attached hydrogen (secondary N) is 1. The average Bonchev–Trinajstić information content (AvgIpc) is 2.74. The van der Waals surface area contributed by atoms with Gasteiger partial charge in [0.1, 0.15) is 0 Å². The van der Waals surface area contributed by atoms with Crippen molar-refractivity contribution in [1.29, 1.82) is 0 Å². The molecule has 0 aliphatic carbocycles. The number of benzene rings is 3. The lowest BCUT2D eigenvalue weighted by molar-refractivity contribution is 0.102. The Labute approximate surface area is 172 Å². The van der Waals surface area contributed by atoms with Gasteiger partial charge >= 0.3 is 0 Å². The zero-order valence-corrected chi connectivity index (χ0v) is 17.5. The number of amides is 1. The number of anilines is 1. The molecule has 1 N–H and O–H groups in total. The molecule has 0 unspecified atom stereocenters. The highest BCUT2D eigenvalue weighted by Crippen LogP contribution is 2.22. The fraction of sp³-hybridized carbons (Fsp3) is 0.174. The van der Waals surface area contributed by atoms with Crippen LogP contribution in [0.5, 0.6) is 0 Å². The second-order valence-corrected chi connectivity index (χ2v) is 9.03. The first-order valence-corrected chi connectivity index (χ1v) is 10.8. The third-order valence-corrected chi connectivity index (χ3v) is 6.82. The van der Waals surface area contributed by atoms with E-state index in [1.165, 1.54) is 28.6 Å². The van der Waals surface area contributed by atoms with Crippen LogP contribution in [-0.4, -0.2) is 31.7 Å². The molecular weight excluding hydrogens is 384 g/mol. The summed E-state index contributed by atoms with van der Waals surface area (Å²) < 4.78 is 26.3. The summed E-state index contributed by atoms with van der Waals surface area (Å²) in [5.41, 5.74) is 3.23. The molecule has 0 aromatic heterocycles. The highest BCUT2D eigenvalue weighted by molar-refractivity contribution is 7.89. The van der Waals surface area contributed by atoms with Crippen molar-refractivity contribution >= 4 is 21.6 Å². The van der Waals surface area contributed by atoms with Gasteiger partial charge in [0.2, 0.25) is 10.0 Å². The molecule has 29 heavy (non-hydrogen) atoms. The fourth-order valence-corrected chi connectivity index (χ4v) is 4.17. The van der Waals surface area contributed by atoms with E-state index in [1.807, 2.05) is 68.4 Å². The molecule has 0 spiro atoms. The van der Waals surface area contributed by atoms with Gasteiger partial charge in [-0.3, -0.25) is 4.79 Å². The van der Waals surface area contributed by atoms with Crippen LogP contribution in [0.1, 0.15) is 24.2 Å². The van der Waals surface area contributed by atoms with Gasteiger partial charge in [0.05, 0.1) is 4.90 Å². The first kappa shape index (κ1) is 20.8. The average molecular weight is 409 g/mol. The van der Waals surface area contributed by atoms with E-state index in [4.69, 9.17) is 0 Å². The molecule has 0 aliphatic rings. The van der Waals surface area contributed by atoms with Crippen molar-refractivity contribution < 1.29 is 13.2 Å². The molecule has 0 fully saturated rings. The Kier molecular flexibility index (Phi) is 6.15. The minimum Gasteiger partial charge on any atom is -0.322 e. The molecule has 3 aromatic rings. The van der Waals surface area contributed by atoms with E-state index in [9.17, 15) is 13.2 Å². The number of rotatable bonds is 6. The summed E-state index contributed by atoms with van der Waals surface area (Å²) >= 11 is 0. The summed E-state index contributed by atoms with van der Waals surface area (Å²) in [6.45, 7) is 3.62. The van der Waals surface area contributed by atoms with E-state index in [1.54, 1.807) is 7.05 Å². The monoisotopic (exact) mass is 408 g/mol. The highest BCUT2D eigenvalue weighted by Gasteiger charge is 2.23. The number of carbonyl (C=O) groups excluding carboxylic acids is 1. The summed E-state index contributed by atoms with van der Waals surface area (Å²) in [5, 5.41) is 2.84. The second kappa shape index (κ2) is 8.59. The van der Waals surface area contributed by atoms with Gasteiger partial charge in [0.25, 0.3) is 5.91 Å². The summed E-state index contributed by atoms with van der Waals surface area (Å²) in [6, 6.07) is 23.4. The molecule has 5 nitrogen and oxygen atoms in total. The van der Waals surface area contributed by atoms with Crippen molar-refractivity contribution in [3.8, 4) is 11.1 Å². The molecule has 3 aromatic carbocycles. The molecule has 0 saturated heterocycles. The molecule has 0 heterocycles. The second-order valence-electron chi connectivity index (χ2n) is 7.04. The lowest BCUT2D eigenvalue weighted by Gasteiger charge is -2.21. The Balaban J connectivity index is 1.71. The Bertz CT molecular complexity index is 1080. The Hall–Kier alpha value is -2.96. The molecule has 3 rings (SSSR count). The van der Waals surface area contributed by atoms with E-state index >= 15 is 0 Å². The normalized spacial score (nSPS) is 11.6. The van der Waals surface area contributed by atoms with E-state index in [-0.39, 0.29) is 16.8 Å². The van der Waals surface area contributed by atoms with Crippen LogP contribution in [0.2, 0.25) is 0 Å². The molecule has 0 saturated carbocycles. The van der Waals surface area contributed by atoms with Gasteiger partial charge in [-0.15, -0.1) is 0 Å². The lowest BCUT2D eigenvalue weighted by atomic mass is 10.1. The van der Waals surface area contributed by atoms with E-state index in [0.717, 1.165) is 11.1 Å². The molecule has 0 bridgehead atoms. The quantitative estimate of drug-likeness (QED) is 0.646. The molecule has 0 atom stereocenters. The largest absolute Gasteiger partial charge is 0.322 e. The van der Waals surface area contributed by atoms with Crippen molar-refractivity contribution in [2.75, 3.05) is 12.4 Å². The number of carbonyl (C=O) groups is 1. The molecule has 0 radical (unpaired) electrons. The Morgan fingerprint density at radius 3 is 1.93 bits per heavy atom. The van der Waals surface area contributed by atoms with Crippen molar-refractivity contribution in [2.45, 2.75) is 24.8 Å². The zero-order valence-electron chi connectivity index (χ0n) is 16.7. The maximum absolute atomic E-state index is 12.5. The maximum atomic E-state index is 12.5. The van der Waals surface area contributed by atoms with Crippen LogP contribution >= 0.6 is 0 Å². The SMILES string of the molecule is CC(C)N(C)S(=O)(=O)c1ccc(C(=O)Nc2ccc(-c3ccccc3)cc2)cc1. The van der Waals surface area contributed by atoms with Crippen LogP contribution in [0.25, 0.3) is 11.1 Å². The number of nitrogens with zero attached hydrogens (tertiary/aromatic N) is 1. The summed E-state index contributed by atoms with van der Waals surface area (Å²) in [5.74, 6) is -0.293. The fourth-order valence-electron chi connectivity index (χ4n) is 2.80. The van der Waals surface area contributed by atoms with Gasteiger partial charge in [0, 0.05) is 24.3 Å². The standard InChI is InChI=1S/C23H24N2O3S/c1-17(2)25(3)29(27,28)22-15-11-20(12-16-22)23(26)24-21-13-9-19(10-14-21)18-7-5-4-6-8-18/h4-17H,1-3H3,(H,24,26).